The van der Waals surface area contributed by atoms with Crippen LogP contribution in [-0.2, 0) is 16.6 Å². The molecule has 0 amide bonds. The SMILES string of the molecule is CN(Cc1ccc(Br)cc1)S(=O)(=O)c1ccnc(Cl)c1. The third kappa shape index (κ3) is 3.58. The van der Waals surface area contributed by atoms with Crippen molar-refractivity contribution in [3.8, 4) is 0 Å². The lowest BCUT2D eigenvalue weighted by Gasteiger charge is -2.17. The molecule has 1 heterocycles. The van der Waals surface area contributed by atoms with E-state index in [1.807, 2.05) is 24.3 Å². The first-order chi connectivity index (χ1) is 9.39. The van der Waals surface area contributed by atoms with Crippen LogP contribution in [-0.4, -0.2) is 24.8 Å². The fourth-order valence-corrected chi connectivity index (χ4v) is 3.33. The molecule has 0 aliphatic carbocycles. The second-order valence-corrected chi connectivity index (χ2v) is 7.55. The van der Waals surface area contributed by atoms with Gasteiger partial charge in [0.25, 0.3) is 0 Å². The summed E-state index contributed by atoms with van der Waals surface area (Å²) in [7, 11) is -2.04. The molecule has 106 valence electrons. The van der Waals surface area contributed by atoms with E-state index < -0.39 is 10.0 Å². The molecule has 0 unspecified atom stereocenters. The first-order valence-electron chi connectivity index (χ1n) is 5.72. The summed E-state index contributed by atoms with van der Waals surface area (Å²) in [5.74, 6) is 0. The first kappa shape index (κ1) is 15.4. The normalized spacial score (nSPS) is 11.8. The van der Waals surface area contributed by atoms with Crippen LogP contribution < -0.4 is 0 Å². The summed E-state index contributed by atoms with van der Waals surface area (Å²) < 4.78 is 27.0. The molecule has 0 saturated heterocycles. The minimum atomic E-state index is -3.57. The molecule has 0 N–H and O–H groups in total. The van der Waals surface area contributed by atoms with Gasteiger partial charge >= 0.3 is 0 Å². The molecule has 1 aromatic heterocycles. The van der Waals surface area contributed by atoms with E-state index in [0.29, 0.717) is 0 Å². The Labute approximate surface area is 131 Å². The van der Waals surface area contributed by atoms with Gasteiger partial charge in [-0.15, -0.1) is 0 Å². The Morgan fingerprint density at radius 1 is 1.25 bits per heavy atom. The van der Waals surface area contributed by atoms with Crippen LogP contribution in [0.25, 0.3) is 0 Å². The van der Waals surface area contributed by atoms with Crippen molar-refractivity contribution in [1.82, 2.24) is 9.29 Å². The zero-order valence-electron chi connectivity index (χ0n) is 10.6. The van der Waals surface area contributed by atoms with E-state index in [9.17, 15) is 8.42 Å². The predicted molar refractivity (Wildman–Crippen MR) is 82.0 cm³/mol. The van der Waals surface area contributed by atoms with Gasteiger partial charge in [-0.25, -0.2) is 13.4 Å². The van der Waals surface area contributed by atoms with Crippen molar-refractivity contribution < 1.29 is 8.42 Å². The third-order valence-corrected chi connectivity index (χ3v) is 5.26. The Balaban J connectivity index is 2.23. The zero-order valence-corrected chi connectivity index (χ0v) is 13.8. The second kappa shape index (κ2) is 6.22. The maximum atomic E-state index is 12.4. The van der Waals surface area contributed by atoms with E-state index in [1.165, 1.54) is 29.7 Å². The van der Waals surface area contributed by atoms with Crippen LogP contribution in [0.4, 0.5) is 0 Å². The van der Waals surface area contributed by atoms with Crippen molar-refractivity contribution in [1.29, 1.82) is 0 Å². The fourth-order valence-electron chi connectivity index (χ4n) is 1.66. The molecule has 0 atom stereocenters. The quantitative estimate of drug-likeness (QED) is 0.770. The lowest BCUT2D eigenvalue weighted by Crippen LogP contribution is -2.26. The summed E-state index contributed by atoms with van der Waals surface area (Å²) in [5, 5.41) is 0.156. The molecule has 1 aromatic carbocycles. The predicted octanol–water partition coefficient (Wildman–Crippen LogP) is 3.32. The van der Waals surface area contributed by atoms with E-state index in [4.69, 9.17) is 11.6 Å². The molecule has 2 aromatic rings. The Kier molecular flexibility index (Phi) is 4.80. The van der Waals surface area contributed by atoms with Crippen LogP contribution in [0.1, 0.15) is 5.56 Å². The summed E-state index contributed by atoms with van der Waals surface area (Å²) in [6.07, 6.45) is 1.38. The number of aromatic nitrogens is 1. The molecule has 7 heteroatoms. The molecule has 0 fully saturated rings. The number of sulfonamides is 1. The highest BCUT2D eigenvalue weighted by Gasteiger charge is 2.21. The van der Waals surface area contributed by atoms with Crippen LogP contribution in [0.5, 0.6) is 0 Å². The van der Waals surface area contributed by atoms with Gasteiger partial charge < -0.3 is 0 Å². The summed E-state index contributed by atoms with van der Waals surface area (Å²) in [6.45, 7) is 0.287. The van der Waals surface area contributed by atoms with Crippen LogP contribution in [0, 0.1) is 0 Å². The van der Waals surface area contributed by atoms with Crippen molar-refractivity contribution in [2.24, 2.45) is 0 Å². The topological polar surface area (TPSA) is 50.3 Å². The number of rotatable bonds is 4. The van der Waals surface area contributed by atoms with Crippen molar-refractivity contribution in [3.63, 3.8) is 0 Å². The minimum absolute atomic E-state index is 0.136. The maximum Gasteiger partial charge on any atom is 0.243 e. The number of benzene rings is 1. The van der Waals surface area contributed by atoms with E-state index in [0.717, 1.165) is 10.0 Å². The second-order valence-electron chi connectivity index (χ2n) is 4.20. The third-order valence-electron chi connectivity index (χ3n) is 2.72. The average Bonchev–Trinajstić information content (AvgIpc) is 2.41. The molecule has 4 nitrogen and oxygen atoms in total. The standard InChI is InChI=1S/C13H12BrClN2O2S/c1-17(9-10-2-4-11(14)5-3-10)20(18,19)12-6-7-16-13(15)8-12/h2-8H,9H2,1H3. The number of hydrogen-bond donors (Lipinski definition) is 0. The minimum Gasteiger partial charge on any atom is -0.244 e. The fraction of sp³-hybridized carbons (Fsp3) is 0.154. The van der Waals surface area contributed by atoms with Crippen LogP contribution >= 0.6 is 27.5 Å². The monoisotopic (exact) mass is 374 g/mol. The van der Waals surface area contributed by atoms with Crippen LogP contribution in [0.15, 0.2) is 52.0 Å². The zero-order chi connectivity index (χ0) is 14.8. The van der Waals surface area contributed by atoms with Gasteiger partial charge in [0.15, 0.2) is 0 Å². The Bertz CT molecular complexity index is 705. The van der Waals surface area contributed by atoms with Crippen LogP contribution in [0.3, 0.4) is 0 Å². The van der Waals surface area contributed by atoms with Gasteiger partial charge in [0.2, 0.25) is 10.0 Å². The maximum absolute atomic E-state index is 12.4. The number of nitrogens with zero attached hydrogens (tertiary/aromatic N) is 2. The molecule has 0 bridgehead atoms. The Morgan fingerprint density at radius 2 is 1.90 bits per heavy atom. The lowest BCUT2D eigenvalue weighted by atomic mass is 10.2. The number of pyridine rings is 1. The summed E-state index contributed by atoms with van der Waals surface area (Å²) in [4.78, 5) is 3.92. The van der Waals surface area contributed by atoms with Crippen LogP contribution in [0.2, 0.25) is 5.15 Å². The number of halogens is 2. The molecule has 0 saturated carbocycles. The van der Waals surface area contributed by atoms with E-state index >= 15 is 0 Å². The van der Waals surface area contributed by atoms with Gasteiger partial charge in [-0.05, 0) is 29.8 Å². The lowest BCUT2D eigenvalue weighted by molar-refractivity contribution is 0.466. The van der Waals surface area contributed by atoms with Crippen molar-refractivity contribution in [2.45, 2.75) is 11.4 Å². The molecule has 0 aliphatic rings. The summed E-state index contributed by atoms with van der Waals surface area (Å²) in [5.41, 5.74) is 0.902. The van der Waals surface area contributed by atoms with Gasteiger partial charge in [-0.3, -0.25) is 0 Å². The van der Waals surface area contributed by atoms with E-state index in [-0.39, 0.29) is 16.6 Å². The highest BCUT2D eigenvalue weighted by Crippen LogP contribution is 2.19. The average molecular weight is 376 g/mol. The van der Waals surface area contributed by atoms with E-state index in [2.05, 4.69) is 20.9 Å². The van der Waals surface area contributed by atoms with Crippen molar-refractivity contribution in [2.75, 3.05) is 7.05 Å². The molecule has 0 radical (unpaired) electrons. The molecule has 0 aliphatic heterocycles. The molecule has 0 spiro atoms. The summed E-state index contributed by atoms with van der Waals surface area (Å²) >= 11 is 9.08. The highest BCUT2D eigenvalue weighted by atomic mass is 79.9. The molecule has 2 rings (SSSR count). The molecule has 20 heavy (non-hydrogen) atoms. The number of hydrogen-bond acceptors (Lipinski definition) is 3. The van der Waals surface area contributed by atoms with Gasteiger partial charge in [-0.2, -0.15) is 4.31 Å². The molecular formula is C13H12BrClN2O2S. The highest BCUT2D eigenvalue weighted by molar-refractivity contribution is 9.10. The van der Waals surface area contributed by atoms with Crippen molar-refractivity contribution >= 4 is 37.6 Å². The molecular weight excluding hydrogens is 364 g/mol. The van der Waals surface area contributed by atoms with Crippen molar-refractivity contribution in [3.05, 3.63) is 57.8 Å². The van der Waals surface area contributed by atoms with Gasteiger partial charge in [0, 0.05) is 24.3 Å². The van der Waals surface area contributed by atoms with Gasteiger partial charge in [-0.1, -0.05) is 39.7 Å². The van der Waals surface area contributed by atoms with Gasteiger partial charge in [0.1, 0.15) is 5.15 Å². The Morgan fingerprint density at radius 3 is 2.50 bits per heavy atom. The smallest absolute Gasteiger partial charge is 0.243 e. The Hall–Kier alpha value is -0.950. The largest absolute Gasteiger partial charge is 0.244 e. The van der Waals surface area contributed by atoms with Gasteiger partial charge in [0.05, 0.1) is 4.90 Å². The van der Waals surface area contributed by atoms with E-state index in [1.54, 1.807) is 0 Å². The summed E-state index contributed by atoms with van der Waals surface area (Å²) in [6, 6.07) is 10.3. The first-order valence-corrected chi connectivity index (χ1v) is 8.33.